The first-order valence-electron chi connectivity index (χ1n) is 8.79. The second kappa shape index (κ2) is 9.01. The second-order valence-electron chi connectivity index (χ2n) is 7.35. The van der Waals surface area contributed by atoms with Gasteiger partial charge < -0.3 is 21.3 Å². The summed E-state index contributed by atoms with van der Waals surface area (Å²) in [6, 6.07) is -1.80. The molecule has 0 aromatic carbocycles. The third-order valence-corrected chi connectivity index (χ3v) is 4.17. The normalized spacial score (nSPS) is 20.2. The van der Waals surface area contributed by atoms with Crippen molar-refractivity contribution in [1.29, 1.82) is 0 Å². The molecule has 7 nitrogen and oxygen atoms in total. The first-order chi connectivity index (χ1) is 11.1. The summed E-state index contributed by atoms with van der Waals surface area (Å²) in [5.41, 5.74) is 5.58. The zero-order chi connectivity index (χ0) is 18.4. The summed E-state index contributed by atoms with van der Waals surface area (Å²) >= 11 is 0. The summed E-state index contributed by atoms with van der Waals surface area (Å²) in [6.45, 7) is 10.5. The SMILES string of the molecule is CC(C)CNC(=O)C1CCCN1C(=O)C(NC(=O)C(C)N)C(C)C. The number of hydrogen-bond acceptors (Lipinski definition) is 4. The number of nitrogens with one attached hydrogen (secondary N) is 2. The Morgan fingerprint density at radius 3 is 2.29 bits per heavy atom. The van der Waals surface area contributed by atoms with E-state index in [1.165, 1.54) is 0 Å². The Morgan fingerprint density at radius 1 is 1.17 bits per heavy atom. The number of carbonyl (C=O) groups excluding carboxylic acids is 3. The van der Waals surface area contributed by atoms with Gasteiger partial charge in [-0.1, -0.05) is 27.7 Å². The van der Waals surface area contributed by atoms with Crippen LogP contribution in [0.1, 0.15) is 47.5 Å². The quantitative estimate of drug-likeness (QED) is 0.617. The Morgan fingerprint density at radius 2 is 1.79 bits per heavy atom. The number of carbonyl (C=O) groups is 3. The maximum atomic E-state index is 12.9. The fourth-order valence-corrected chi connectivity index (χ4v) is 2.70. The fourth-order valence-electron chi connectivity index (χ4n) is 2.70. The molecule has 1 aliphatic heterocycles. The van der Waals surface area contributed by atoms with Crippen LogP contribution in [0.5, 0.6) is 0 Å². The van der Waals surface area contributed by atoms with E-state index in [0.717, 1.165) is 6.42 Å². The van der Waals surface area contributed by atoms with E-state index in [0.29, 0.717) is 25.4 Å². The standard InChI is InChI=1S/C17H32N4O3/c1-10(2)9-19-16(23)13-7-6-8-21(13)17(24)14(11(3)4)20-15(22)12(5)18/h10-14H,6-9,18H2,1-5H3,(H,19,23)(H,20,22). The lowest BCUT2D eigenvalue weighted by Crippen LogP contribution is -2.57. The predicted octanol–water partition coefficient (Wildman–Crippen LogP) is 0.238. The molecule has 3 amide bonds. The second-order valence-corrected chi connectivity index (χ2v) is 7.35. The van der Waals surface area contributed by atoms with Crippen LogP contribution in [-0.4, -0.2) is 53.8 Å². The lowest BCUT2D eigenvalue weighted by molar-refractivity contribution is -0.142. The van der Waals surface area contributed by atoms with E-state index in [1.54, 1.807) is 11.8 Å². The fraction of sp³-hybridized carbons (Fsp3) is 0.824. The molecular formula is C17H32N4O3. The van der Waals surface area contributed by atoms with Crippen molar-refractivity contribution < 1.29 is 14.4 Å². The van der Waals surface area contributed by atoms with Gasteiger partial charge in [-0.05, 0) is 31.6 Å². The van der Waals surface area contributed by atoms with E-state index in [1.807, 2.05) is 27.7 Å². The average Bonchev–Trinajstić information content (AvgIpc) is 2.98. The molecule has 0 bridgehead atoms. The molecule has 1 rings (SSSR count). The molecule has 3 atom stereocenters. The molecule has 3 unspecified atom stereocenters. The lowest BCUT2D eigenvalue weighted by atomic mass is 10.0. The van der Waals surface area contributed by atoms with Gasteiger partial charge in [-0.25, -0.2) is 0 Å². The maximum Gasteiger partial charge on any atom is 0.246 e. The molecule has 1 aliphatic rings. The monoisotopic (exact) mass is 340 g/mol. The third-order valence-electron chi connectivity index (χ3n) is 4.17. The topological polar surface area (TPSA) is 105 Å². The minimum absolute atomic E-state index is 0.0832. The van der Waals surface area contributed by atoms with Crippen molar-refractivity contribution in [3.63, 3.8) is 0 Å². The van der Waals surface area contributed by atoms with E-state index in [-0.39, 0.29) is 23.6 Å². The molecule has 24 heavy (non-hydrogen) atoms. The van der Waals surface area contributed by atoms with Gasteiger partial charge in [0.1, 0.15) is 12.1 Å². The van der Waals surface area contributed by atoms with E-state index in [9.17, 15) is 14.4 Å². The molecule has 4 N–H and O–H groups in total. The Kier molecular flexibility index (Phi) is 7.66. The molecule has 0 spiro atoms. The van der Waals surface area contributed by atoms with Crippen molar-refractivity contribution in [2.45, 2.75) is 65.6 Å². The molecule has 0 aromatic heterocycles. The van der Waals surface area contributed by atoms with Crippen molar-refractivity contribution in [1.82, 2.24) is 15.5 Å². The van der Waals surface area contributed by atoms with Gasteiger partial charge in [-0.2, -0.15) is 0 Å². The van der Waals surface area contributed by atoms with E-state index in [4.69, 9.17) is 5.73 Å². The van der Waals surface area contributed by atoms with Crippen LogP contribution in [0, 0.1) is 11.8 Å². The molecule has 0 saturated carbocycles. The minimum atomic E-state index is -0.678. The molecule has 138 valence electrons. The largest absolute Gasteiger partial charge is 0.354 e. The van der Waals surface area contributed by atoms with Crippen LogP contribution in [-0.2, 0) is 14.4 Å². The number of amides is 3. The van der Waals surface area contributed by atoms with Crippen LogP contribution in [0.4, 0.5) is 0 Å². The van der Waals surface area contributed by atoms with Crippen LogP contribution in [0.3, 0.4) is 0 Å². The van der Waals surface area contributed by atoms with E-state index < -0.39 is 18.1 Å². The molecule has 0 aromatic rings. The lowest BCUT2D eigenvalue weighted by Gasteiger charge is -2.31. The highest BCUT2D eigenvalue weighted by molar-refractivity contribution is 5.93. The molecule has 1 saturated heterocycles. The maximum absolute atomic E-state index is 12.9. The molecule has 1 fully saturated rings. The van der Waals surface area contributed by atoms with Crippen LogP contribution in [0.2, 0.25) is 0 Å². The summed E-state index contributed by atoms with van der Waals surface area (Å²) in [6.07, 6.45) is 1.44. The zero-order valence-electron chi connectivity index (χ0n) is 15.5. The van der Waals surface area contributed by atoms with Crippen LogP contribution in [0.25, 0.3) is 0 Å². The highest BCUT2D eigenvalue weighted by atomic mass is 16.2. The number of nitrogens with zero attached hydrogens (tertiary/aromatic N) is 1. The number of rotatable bonds is 7. The van der Waals surface area contributed by atoms with E-state index in [2.05, 4.69) is 10.6 Å². The Bertz CT molecular complexity index is 463. The van der Waals surface area contributed by atoms with Crippen LogP contribution < -0.4 is 16.4 Å². The Balaban J connectivity index is 2.80. The number of likely N-dealkylation sites (tertiary alicyclic amines) is 1. The Labute approximate surface area is 144 Å². The molecular weight excluding hydrogens is 308 g/mol. The van der Waals surface area contributed by atoms with Gasteiger partial charge in [0, 0.05) is 13.1 Å². The van der Waals surface area contributed by atoms with Gasteiger partial charge in [0.25, 0.3) is 0 Å². The smallest absolute Gasteiger partial charge is 0.246 e. The van der Waals surface area contributed by atoms with Crippen molar-refractivity contribution in [3.05, 3.63) is 0 Å². The molecule has 0 aliphatic carbocycles. The van der Waals surface area contributed by atoms with Crippen molar-refractivity contribution in [3.8, 4) is 0 Å². The minimum Gasteiger partial charge on any atom is -0.354 e. The summed E-state index contributed by atoms with van der Waals surface area (Å²) in [4.78, 5) is 38.7. The van der Waals surface area contributed by atoms with Gasteiger partial charge in [-0.15, -0.1) is 0 Å². The van der Waals surface area contributed by atoms with Crippen molar-refractivity contribution >= 4 is 17.7 Å². The first-order valence-corrected chi connectivity index (χ1v) is 8.79. The molecule has 7 heteroatoms. The van der Waals surface area contributed by atoms with Gasteiger partial charge in [0.05, 0.1) is 6.04 Å². The van der Waals surface area contributed by atoms with Crippen molar-refractivity contribution in [2.75, 3.05) is 13.1 Å². The average molecular weight is 340 g/mol. The van der Waals surface area contributed by atoms with Crippen LogP contribution in [0.15, 0.2) is 0 Å². The Hall–Kier alpha value is -1.63. The summed E-state index contributed by atoms with van der Waals surface area (Å²) in [5.74, 6) is -0.410. The first kappa shape index (κ1) is 20.4. The molecule has 1 heterocycles. The molecule has 0 radical (unpaired) electrons. The third kappa shape index (κ3) is 5.47. The van der Waals surface area contributed by atoms with E-state index >= 15 is 0 Å². The zero-order valence-corrected chi connectivity index (χ0v) is 15.5. The number of nitrogens with two attached hydrogens (primary N) is 1. The summed E-state index contributed by atoms with van der Waals surface area (Å²) < 4.78 is 0. The summed E-state index contributed by atoms with van der Waals surface area (Å²) in [7, 11) is 0. The number of hydrogen-bond donors (Lipinski definition) is 3. The highest BCUT2D eigenvalue weighted by Crippen LogP contribution is 2.20. The highest BCUT2D eigenvalue weighted by Gasteiger charge is 2.38. The predicted molar refractivity (Wildman–Crippen MR) is 93.0 cm³/mol. The van der Waals surface area contributed by atoms with Crippen molar-refractivity contribution in [2.24, 2.45) is 17.6 Å². The van der Waals surface area contributed by atoms with Gasteiger partial charge in [0.15, 0.2) is 0 Å². The van der Waals surface area contributed by atoms with Gasteiger partial charge in [-0.3, -0.25) is 14.4 Å². The van der Waals surface area contributed by atoms with Gasteiger partial charge in [0.2, 0.25) is 17.7 Å². The van der Waals surface area contributed by atoms with Gasteiger partial charge >= 0.3 is 0 Å². The summed E-state index contributed by atoms with van der Waals surface area (Å²) in [5, 5.41) is 5.61. The van der Waals surface area contributed by atoms with Crippen LogP contribution >= 0.6 is 0 Å².